The van der Waals surface area contributed by atoms with Crippen molar-refractivity contribution in [2.75, 3.05) is 4.90 Å². The summed E-state index contributed by atoms with van der Waals surface area (Å²) in [6, 6.07) is 11.8. The minimum Gasteiger partial charge on any atom is -0.478 e. The van der Waals surface area contributed by atoms with Gasteiger partial charge >= 0.3 is 5.97 Å². The van der Waals surface area contributed by atoms with Crippen LogP contribution < -0.4 is 4.90 Å². The Bertz CT molecular complexity index is 969. The van der Waals surface area contributed by atoms with Crippen molar-refractivity contribution in [3.63, 3.8) is 0 Å². The van der Waals surface area contributed by atoms with E-state index in [2.05, 4.69) is 0 Å². The first-order chi connectivity index (χ1) is 12.4. The number of carbonyl (C=O) groups is 2. The number of benzene rings is 2. The number of anilines is 1. The number of nitro groups is 1. The van der Waals surface area contributed by atoms with E-state index in [1.165, 1.54) is 41.3 Å². The average molecular weight is 386 g/mol. The Balaban J connectivity index is 1.94. The molecule has 1 fully saturated rings. The fourth-order valence-electron chi connectivity index (χ4n) is 2.36. The minimum absolute atomic E-state index is 0.0923. The molecule has 0 unspecified atom stereocenters. The Kier molecular flexibility index (Phi) is 4.83. The SMILES string of the molecule is O=C(O)c1ccc(N2C(=O)/C(=C/c3ccccc3[N+](=O)[O-])SC2=S)cc1. The lowest BCUT2D eigenvalue weighted by atomic mass is 10.1. The van der Waals surface area contributed by atoms with Gasteiger partial charge in [0.25, 0.3) is 11.6 Å². The number of nitro benzene ring substituents is 1. The summed E-state index contributed by atoms with van der Waals surface area (Å²) in [5.41, 5.74) is 0.723. The van der Waals surface area contributed by atoms with Crippen LogP contribution in [-0.2, 0) is 4.79 Å². The van der Waals surface area contributed by atoms with Crippen molar-refractivity contribution in [1.82, 2.24) is 0 Å². The lowest BCUT2D eigenvalue weighted by molar-refractivity contribution is -0.385. The summed E-state index contributed by atoms with van der Waals surface area (Å²) in [6.45, 7) is 0. The van der Waals surface area contributed by atoms with Gasteiger partial charge < -0.3 is 5.11 Å². The molecule has 1 aliphatic rings. The molecule has 2 aromatic rings. The van der Waals surface area contributed by atoms with Crippen molar-refractivity contribution < 1.29 is 19.6 Å². The predicted molar refractivity (Wildman–Crippen MR) is 102 cm³/mol. The van der Waals surface area contributed by atoms with Gasteiger partial charge in [-0.1, -0.05) is 36.1 Å². The van der Waals surface area contributed by atoms with Gasteiger partial charge in [0.1, 0.15) is 0 Å². The Labute approximate surface area is 157 Å². The molecule has 1 aliphatic heterocycles. The molecular weight excluding hydrogens is 376 g/mol. The summed E-state index contributed by atoms with van der Waals surface area (Å²) in [6.07, 6.45) is 1.43. The average Bonchev–Trinajstić information content (AvgIpc) is 2.89. The Morgan fingerprint density at radius 1 is 1.19 bits per heavy atom. The second kappa shape index (κ2) is 7.06. The monoisotopic (exact) mass is 386 g/mol. The van der Waals surface area contributed by atoms with E-state index in [0.717, 1.165) is 11.8 Å². The first-order valence-corrected chi connectivity index (χ1v) is 8.45. The molecule has 1 heterocycles. The van der Waals surface area contributed by atoms with Crippen molar-refractivity contribution in [3.05, 3.63) is 74.7 Å². The van der Waals surface area contributed by atoms with Gasteiger partial charge in [0, 0.05) is 6.07 Å². The zero-order chi connectivity index (χ0) is 18.8. The molecule has 2 aromatic carbocycles. The first kappa shape index (κ1) is 17.8. The highest BCUT2D eigenvalue weighted by Gasteiger charge is 2.33. The molecule has 0 saturated carbocycles. The van der Waals surface area contributed by atoms with Crippen LogP contribution in [0.1, 0.15) is 15.9 Å². The third-order valence-electron chi connectivity index (χ3n) is 3.59. The lowest BCUT2D eigenvalue weighted by Crippen LogP contribution is -2.27. The normalized spacial score (nSPS) is 15.5. The molecule has 26 heavy (non-hydrogen) atoms. The van der Waals surface area contributed by atoms with Crippen molar-refractivity contribution >= 4 is 57.6 Å². The van der Waals surface area contributed by atoms with E-state index in [1.54, 1.807) is 18.2 Å². The first-order valence-electron chi connectivity index (χ1n) is 7.23. The van der Waals surface area contributed by atoms with E-state index in [9.17, 15) is 19.7 Å². The number of para-hydroxylation sites is 1. The third kappa shape index (κ3) is 3.35. The van der Waals surface area contributed by atoms with E-state index >= 15 is 0 Å². The highest BCUT2D eigenvalue weighted by atomic mass is 32.2. The predicted octanol–water partition coefficient (Wildman–Crippen LogP) is 3.70. The number of thioether (sulfide) groups is 1. The fourth-order valence-corrected chi connectivity index (χ4v) is 3.65. The number of carboxylic acid groups (broad SMARTS) is 1. The Morgan fingerprint density at radius 2 is 1.85 bits per heavy atom. The highest BCUT2D eigenvalue weighted by molar-refractivity contribution is 8.27. The number of nitrogens with zero attached hydrogens (tertiary/aromatic N) is 2. The second-order valence-electron chi connectivity index (χ2n) is 5.19. The molecule has 1 saturated heterocycles. The van der Waals surface area contributed by atoms with Crippen LogP contribution in [0.4, 0.5) is 11.4 Å². The lowest BCUT2D eigenvalue weighted by Gasteiger charge is -2.14. The number of rotatable bonds is 4. The van der Waals surface area contributed by atoms with Crippen molar-refractivity contribution in [3.8, 4) is 0 Å². The molecule has 0 radical (unpaired) electrons. The summed E-state index contributed by atoms with van der Waals surface area (Å²) >= 11 is 6.27. The zero-order valence-electron chi connectivity index (χ0n) is 13.0. The Hall–Kier alpha value is -3.04. The van der Waals surface area contributed by atoms with Crippen molar-refractivity contribution in [2.24, 2.45) is 0 Å². The number of hydrogen-bond acceptors (Lipinski definition) is 6. The van der Waals surface area contributed by atoms with Crippen LogP contribution in [0.2, 0.25) is 0 Å². The molecular formula is C17H10N2O5S2. The highest BCUT2D eigenvalue weighted by Crippen LogP contribution is 2.37. The van der Waals surface area contributed by atoms with Crippen LogP contribution in [0.25, 0.3) is 6.08 Å². The number of carboxylic acids is 1. The second-order valence-corrected chi connectivity index (χ2v) is 6.86. The van der Waals surface area contributed by atoms with Gasteiger partial charge in [0.15, 0.2) is 4.32 Å². The molecule has 3 rings (SSSR count). The van der Waals surface area contributed by atoms with Crippen LogP contribution in [-0.4, -0.2) is 26.2 Å². The fraction of sp³-hybridized carbons (Fsp3) is 0. The van der Waals surface area contributed by atoms with Crippen molar-refractivity contribution in [2.45, 2.75) is 0 Å². The number of carbonyl (C=O) groups excluding carboxylic acids is 1. The van der Waals surface area contributed by atoms with E-state index in [4.69, 9.17) is 17.3 Å². The summed E-state index contributed by atoms with van der Waals surface area (Å²) in [5, 5.41) is 20.1. The maximum absolute atomic E-state index is 12.7. The molecule has 130 valence electrons. The van der Waals surface area contributed by atoms with Gasteiger partial charge in [-0.15, -0.1) is 0 Å². The summed E-state index contributed by atoms with van der Waals surface area (Å²) in [5.74, 6) is -1.49. The molecule has 9 heteroatoms. The van der Waals surface area contributed by atoms with Crippen LogP contribution in [0.3, 0.4) is 0 Å². The number of amides is 1. The largest absolute Gasteiger partial charge is 0.478 e. The maximum Gasteiger partial charge on any atom is 0.335 e. The summed E-state index contributed by atoms with van der Waals surface area (Å²) in [4.78, 5) is 35.7. The minimum atomic E-state index is -1.07. The van der Waals surface area contributed by atoms with E-state index in [-0.39, 0.29) is 20.5 Å². The van der Waals surface area contributed by atoms with E-state index in [1.807, 2.05) is 0 Å². The van der Waals surface area contributed by atoms with E-state index < -0.39 is 16.8 Å². The van der Waals surface area contributed by atoms with Crippen LogP contribution in [0, 0.1) is 10.1 Å². The number of thiocarbonyl (C=S) groups is 1. The van der Waals surface area contributed by atoms with Crippen LogP contribution in [0.15, 0.2) is 53.4 Å². The zero-order valence-corrected chi connectivity index (χ0v) is 14.6. The van der Waals surface area contributed by atoms with Gasteiger partial charge in [-0.2, -0.15) is 0 Å². The third-order valence-corrected chi connectivity index (χ3v) is 4.89. The molecule has 7 nitrogen and oxygen atoms in total. The molecule has 0 bridgehead atoms. The van der Waals surface area contributed by atoms with Crippen LogP contribution in [0.5, 0.6) is 0 Å². The molecule has 0 aliphatic carbocycles. The van der Waals surface area contributed by atoms with Gasteiger partial charge in [-0.3, -0.25) is 19.8 Å². The molecule has 0 atom stereocenters. The topological polar surface area (TPSA) is 101 Å². The van der Waals surface area contributed by atoms with Crippen LogP contribution >= 0.6 is 24.0 Å². The summed E-state index contributed by atoms with van der Waals surface area (Å²) in [7, 11) is 0. The van der Waals surface area contributed by atoms with Gasteiger partial charge in [-0.25, -0.2) is 4.79 Å². The molecule has 1 N–H and O–H groups in total. The smallest absolute Gasteiger partial charge is 0.335 e. The number of aromatic carboxylic acids is 1. The molecule has 0 spiro atoms. The van der Waals surface area contributed by atoms with Gasteiger partial charge in [-0.05, 0) is 36.4 Å². The van der Waals surface area contributed by atoms with Gasteiger partial charge in [0.05, 0.1) is 26.6 Å². The Morgan fingerprint density at radius 3 is 2.46 bits per heavy atom. The number of hydrogen-bond donors (Lipinski definition) is 1. The standard InChI is InChI=1S/C17H10N2O5S2/c20-15-14(9-11-3-1-2-4-13(11)19(23)24)26-17(25)18(15)12-7-5-10(6-8-12)16(21)22/h1-9H,(H,21,22)/b14-9-. The summed E-state index contributed by atoms with van der Waals surface area (Å²) < 4.78 is 0.267. The van der Waals surface area contributed by atoms with E-state index in [0.29, 0.717) is 11.3 Å². The quantitative estimate of drug-likeness (QED) is 0.370. The van der Waals surface area contributed by atoms with Crippen molar-refractivity contribution in [1.29, 1.82) is 0 Å². The molecule has 1 amide bonds. The van der Waals surface area contributed by atoms with Gasteiger partial charge in [0.2, 0.25) is 0 Å². The maximum atomic E-state index is 12.7. The molecule has 0 aromatic heterocycles.